The molecule has 0 aliphatic carbocycles. The van der Waals surface area contributed by atoms with Crippen molar-refractivity contribution in [1.82, 2.24) is 10.7 Å². The minimum Gasteiger partial charge on any atom is -0.506 e. The van der Waals surface area contributed by atoms with E-state index in [4.69, 9.17) is 12.2 Å². The van der Waals surface area contributed by atoms with Crippen LogP contribution in [0.5, 0.6) is 5.75 Å². The molecule has 1 rings (SSSR count). The summed E-state index contributed by atoms with van der Waals surface area (Å²) in [5, 5.41) is 17.0. The summed E-state index contributed by atoms with van der Waals surface area (Å²) in [4.78, 5) is 0. The average Bonchev–Trinajstić information content (AvgIpc) is 2.25. The first-order chi connectivity index (χ1) is 8.04. The van der Waals surface area contributed by atoms with Gasteiger partial charge in [0.1, 0.15) is 5.75 Å². The molecule has 3 N–H and O–H groups in total. The summed E-state index contributed by atoms with van der Waals surface area (Å²) in [6.07, 6.45) is 1.49. The van der Waals surface area contributed by atoms with Gasteiger partial charge < -0.3 is 10.4 Å². The molecular formula is C10H11Br2N3OS. The summed E-state index contributed by atoms with van der Waals surface area (Å²) in [5.41, 5.74) is 3.23. The molecule has 4 nitrogen and oxygen atoms in total. The van der Waals surface area contributed by atoms with E-state index >= 15 is 0 Å². The summed E-state index contributed by atoms with van der Waals surface area (Å²) in [6.45, 7) is 2.67. The number of rotatable bonds is 3. The van der Waals surface area contributed by atoms with Gasteiger partial charge in [0.05, 0.1) is 10.7 Å². The highest BCUT2D eigenvalue weighted by Gasteiger charge is 2.05. The van der Waals surface area contributed by atoms with Gasteiger partial charge >= 0.3 is 0 Å². The SMILES string of the molecule is CCNC(=S)N/N=C/c1cc(Br)cc(Br)c1O. The standard InChI is InChI=1S/C10H11Br2N3OS/c1-2-13-10(17)15-14-5-6-3-7(11)4-8(12)9(6)16/h3-5,16H,2H2,1H3,(H2,13,15,17)/b14-5+. The Morgan fingerprint density at radius 1 is 1.53 bits per heavy atom. The Kier molecular flexibility index (Phi) is 5.87. The molecule has 1 aromatic rings. The van der Waals surface area contributed by atoms with E-state index in [0.29, 0.717) is 15.1 Å². The van der Waals surface area contributed by atoms with Crippen molar-refractivity contribution in [2.75, 3.05) is 6.54 Å². The lowest BCUT2D eigenvalue weighted by molar-refractivity contribution is 0.471. The maximum Gasteiger partial charge on any atom is 0.186 e. The van der Waals surface area contributed by atoms with E-state index < -0.39 is 0 Å². The fourth-order valence-electron chi connectivity index (χ4n) is 1.04. The Morgan fingerprint density at radius 3 is 2.88 bits per heavy atom. The van der Waals surface area contributed by atoms with Crippen molar-refractivity contribution in [3.05, 3.63) is 26.6 Å². The van der Waals surface area contributed by atoms with E-state index in [2.05, 4.69) is 47.7 Å². The number of aromatic hydroxyl groups is 1. The number of thiocarbonyl (C=S) groups is 1. The minimum atomic E-state index is 0.133. The Balaban J connectivity index is 2.74. The molecule has 0 aliphatic rings. The predicted molar refractivity (Wildman–Crippen MR) is 80.5 cm³/mol. The number of nitrogens with one attached hydrogen (secondary N) is 2. The lowest BCUT2D eigenvalue weighted by Gasteiger charge is -2.04. The van der Waals surface area contributed by atoms with Crippen LogP contribution in [0.25, 0.3) is 0 Å². The highest BCUT2D eigenvalue weighted by Crippen LogP contribution is 2.30. The molecule has 1 aromatic carbocycles. The molecule has 0 saturated heterocycles. The highest BCUT2D eigenvalue weighted by molar-refractivity contribution is 9.11. The van der Waals surface area contributed by atoms with Gasteiger partial charge in [-0.05, 0) is 47.2 Å². The molecule has 0 amide bonds. The van der Waals surface area contributed by atoms with Crippen LogP contribution < -0.4 is 10.7 Å². The van der Waals surface area contributed by atoms with Crippen LogP contribution in [0.3, 0.4) is 0 Å². The van der Waals surface area contributed by atoms with Gasteiger partial charge in [-0.3, -0.25) is 5.43 Å². The first-order valence-electron chi connectivity index (χ1n) is 4.79. The lowest BCUT2D eigenvalue weighted by atomic mass is 10.2. The fourth-order valence-corrected chi connectivity index (χ4v) is 2.50. The third-order valence-corrected chi connectivity index (χ3v) is 3.06. The molecular weight excluding hydrogens is 370 g/mol. The number of phenolic OH excluding ortho intramolecular Hbond substituents is 1. The summed E-state index contributed by atoms with van der Waals surface area (Å²) in [5.74, 6) is 0.133. The molecule has 0 radical (unpaired) electrons. The molecule has 92 valence electrons. The molecule has 0 heterocycles. The molecule has 0 saturated carbocycles. The molecule has 0 aromatic heterocycles. The Morgan fingerprint density at radius 2 is 2.24 bits per heavy atom. The van der Waals surface area contributed by atoms with Crippen LogP contribution in [0.4, 0.5) is 0 Å². The van der Waals surface area contributed by atoms with Gasteiger partial charge in [0.25, 0.3) is 0 Å². The topological polar surface area (TPSA) is 56.7 Å². The smallest absolute Gasteiger partial charge is 0.186 e. The molecule has 0 bridgehead atoms. The van der Waals surface area contributed by atoms with Crippen LogP contribution in [-0.4, -0.2) is 23.0 Å². The van der Waals surface area contributed by atoms with Crippen LogP contribution in [-0.2, 0) is 0 Å². The first kappa shape index (κ1) is 14.4. The highest BCUT2D eigenvalue weighted by atomic mass is 79.9. The molecule has 0 atom stereocenters. The van der Waals surface area contributed by atoms with Crippen LogP contribution in [0, 0.1) is 0 Å². The normalized spacial score (nSPS) is 10.5. The molecule has 17 heavy (non-hydrogen) atoms. The third-order valence-electron chi connectivity index (χ3n) is 1.76. The van der Waals surface area contributed by atoms with E-state index in [1.54, 1.807) is 12.1 Å². The number of hydrogen-bond acceptors (Lipinski definition) is 3. The summed E-state index contributed by atoms with van der Waals surface area (Å²) in [7, 11) is 0. The first-order valence-corrected chi connectivity index (χ1v) is 6.79. The monoisotopic (exact) mass is 379 g/mol. The van der Waals surface area contributed by atoms with Crippen LogP contribution >= 0.6 is 44.1 Å². The second-order valence-electron chi connectivity index (χ2n) is 3.05. The fraction of sp³-hybridized carbons (Fsp3) is 0.200. The van der Waals surface area contributed by atoms with Gasteiger partial charge in [-0.2, -0.15) is 5.10 Å². The number of hydrazone groups is 1. The van der Waals surface area contributed by atoms with Gasteiger partial charge in [-0.25, -0.2) is 0 Å². The van der Waals surface area contributed by atoms with Crippen molar-refractivity contribution < 1.29 is 5.11 Å². The second kappa shape index (κ2) is 6.93. The Labute approximate surface area is 122 Å². The van der Waals surface area contributed by atoms with Crippen LogP contribution in [0.1, 0.15) is 12.5 Å². The van der Waals surface area contributed by atoms with Crippen molar-refractivity contribution in [2.24, 2.45) is 5.10 Å². The van der Waals surface area contributed by atoms with E-state index in [1.165, 1.54) is 6.21 Å². The zero-order chi connectivity index (χ0) is 12.8. The predicted octanol–water partition coefficient (Wildman–Crippen LogP) is 2.74. The average molecular weight is 381 g/mol. The van der Waals surface area contributed by atoms with Crippen molar-refractivity contribution >= 4 is 55.4 Å². The van der Waals surface area contributed by atoms with Gasteiger partial charge in [-0.15, -0.1) is 0 Å². The molecule has 7 heteroatoms. The Hall–Kier alpha value is -0.660. The Bertz CT molecular complexity index is 451. The minimum absolute atomic E-state index is 0.133. The molecule has 0 aliphatic heterocycles. The maximum atomic E-state index is 9.76. The number of phenols is 1. The van der Waals surface area contributed by atoms with E-state index in [-0.39, 0.29) is 5.75 Å². The van der Waals surface area contributed by atoms with Crippen LogP contribution in [0.15, 0.2) is 26.2 Å². The van der Waals surface area contributed by atoms with Crippen molar-refractivity contribution in [3.63, 3.8) is 0 Å². The maximum absolute atomic E-state index is 9.76. The summed E-state index contributed by atoms with van der Waals surface area (Å²) >= 11 is 11.5. The van der Waals surface area contributed by atoms with Gasteiger partial charge in [0.2, 0.25) is 0 Å². The van der Waals surface area contributed by atoms with E-state index in [0.717, 1.165) is 11.0 Å². The largest absolute Gasteiger partial charge is 0.506 e. The van der Waals surface area contributed by atoms with Gasteiger partial charge in [0.15, 0.2) is 5.11 Å². The quantitative estimate of drug-likeness (QED) is 0.428. The number of nitrogens with zero attached hydrogens (tertiary/aromatic N) is 1. The summed E-state index contributed by atoms with van der Waals surface area (Å²) < 4.78 is 1.44. The van der Waals surface area contributed by atoms with Crippen molar-refractivity contribution in [2.45, 2.75) is 6.92 Å². The third kappa shape index (κ3) is 4.61. The van der Waals surface area contributed by atoms with E-state index in [9.17, 15) is 5.11 Å². The molecule has 0 spiro atoms. The van der Waals surface area contributed by atoms with Crippen molar-refractivity contribution in [3.8, 4) is 5.75 Å². The van der Waals surface area contributed by atoms with Gasteiger partial charge in [-0.1, -0.05) is 15.9 Å². The summed E-state index contributed by atoms with van der Waals surface area (Å²) in [6, 6.07) is 3.50. The van der Waals surface area contributed by atoms with Crippen molar-refractivity contribution in [1.29, 1.82) is 0 Å². The zero-order valence-corrected chi connectivity index (χ0v) is 13.0. The lowest BCUT2D eigenvalue weighted by Crippen LogP contribution is -2.31. The van der Waals surface area contributed by atoms with Gasteiger partial charge in [0, 0.05) is 16.6 Å². The molecule has 0 unspecified atom stereocenters. The number of hydrogen-bond donors (Lipinski definition) is 3. The number of halogens is 2. The van der Waals surface area contributed by atoms with Crippen LogP contribution in [0.2, 0.25) is 0 Å². The zero-order valence-electron chi connectivity index (χ0n) is 9.00. The molecule has 0 fully saturated rings. The second-order valence-corrected chi connectivity index (χ2v) is 5.23. The van der Waals surface area contributed by atoms with E-state index in [1.807, 2.05) is 6.92 Å². The number of benzene rings is 1.